The third-order valence-electron chi connectivity index (χ3n) is 6.15. The largest absolute Gasteiger partial charge is 0.301 e. The van der Waals surface area contributed by atoms with E-state index < -0.39 is 0 Å². The molecule has 3 atom stereocenters. The number of piperidine rings is 1. The van der Waals surface area contributed by atoms with Gasteiger partial charge in [0.15, 0.2) is 0 Å². The number of carbonyl (C=O) groups is 1. The van der Waals surface area contributed by atoms with Gasteiger partial charge in [-0.05, 0) is 56.8 Å². The van der Waals surface area contributed by atoms with Crippen molar-refractivity contribution in [1.82, 2.24) is 14.7 Å². The van der Waals surface area contributed by atoms with Crippen LogP contribution in [0.2, 0.25) is 5.02 Å². The van der Waals surface area contributed by atoms with E-state index in [1.54, 1.807) is 6.07 Å². The summed E-state index contributed by atoms with van der Waals surface area (Å²) in [5.41, 5.74) is 3.95. The number of rotatable bonds is 6. The van der Waals surface area contributed by atoms with E-state index in [0.717, 1.165) is 29.1 Å². The molecular weight excluding hydrogens is 365 g/mol. The molecule has 0 spiro atoms. The summed E-state index contributed by atoms with van der Waals surface area (Å²) < 4.78 is 15.3. The van der Waals surface area contributed by atoms with E-state index in [9.17, 15) is 9.18 Å². The Morgan fingerprint density at radius 3 is 2.81 bits per heavy atom. The van der Waals surface area contributed by atoms with Crippen LogP contribution in [-0.4, -0.2) is 40.1 Å². The molecule has 0 aliphatic carbocycles. The number of Topliss-reactive ketones (excluding diaryl/α,β-unsaturated/α-hetero) is 1. The first-order chi connectivity index (χ1) is 12.9. The van der Waals surface area contributed by atoms with E-state index in [2.05, 4.69) is 16.5 Å². The molecule has 0 saturated carbocycles. The van der Waals surface area contributed by atoms with E-state index >= 15 is 0 Å². The van der Waals surface area contributed by atoms with Gasteiger partial charge < -0.3 is 4.90 Å². The number of nitrogens with zero attached hydrogens (tertiary/aromatic N) is 3. The standard InChI is InChI=1S/C21H25ClFN3O/c1-13-19(10-18(27)6-4-15-3-5-17(23)9-20(15)22)14(2)26(24-13)21-12-25-8-7-16(21)11-25/h3,5,9,16,21H,4,6-8,10-12H2,1-2H3. The smallest absolute Gasteiger partial charge is 0.137 e. The minimum Gasteiger partial charge on any atom is -0.301 e. The Kier molecular flexibility index (Phi) is 5.08. The SMILES string of the molecule is Cc1nn(C2CN3CCC2C3)c(C)c1CC(=O)CCc1ccc(F)cc1Cl. The van der Waals surface area contributed by atoms with Gasteiger partial charge in [-0.3, -0.25) is 9.48 Å². The zero-order valence-electron chi connectivity index (χ0n) is 15.8. The van der Waals surface area contributed by atoms with Gasteiger partial charge in [0, 0.05) is 42.2 Å². The van der Waals surface area contributed by atoms with Gasteiger partial charge in [0.05, 0.1) is 11.7 Å². The number of aromatic nitrogens is 2. The topological polar surface area (TPSA) is 38.1 Å². The Labute approximate surface area is 164 Å². The van der Waals surface area contributed by atoms with Crippen LogP contribution in [0.15, 0.2) is 18.2 Å². The Balaban J connectivity index is 1.42. The average molecular weight is 390 g/mol. The number of carbonyl (C=O) groups excluding carboxylic acids is 1. The number of ketones is 1. The fraction of sp³-hybridized carbons (Fsp3) is 0.524. The molecule has 2 aliphatic rings. The highest BCUT2D eigenvalue weighted by Crippen LogP contribution is 2.37. The number of fused-ring (bicyclic) bond motifs is 2. The van der Waals surface area contributed by atoms with Gasteiger partial charge in [-0.25, -0.2) is 4.39 Å². The van der Waals surface area contributed by atoms with Crippen LogP contribution in [0.4, 0.5) is 4.39 Å². The number of halogens is 2. The van der Waals surface area contributed by atoms with Crippen molar-refractivity contribution in [3.63, 3.8) is 0 Å². The van der Waals surface area contributed by atoms with Crippen molar-refractivity contribution < 1.29 is 9.18 Å². The number of hydrogen-bond donors (Lipinski definition) is 0. The van der Waals surface area contributed by atoms with E-state index in [1.165, 1.54) is 31.6 Å². The van der Waals surface area contributed by atoms with Crippen LogP contribution in [0.5, 0.6) is 0 Å². The van der Waals surface area contributed by atoms with Crippen LogP contribution in [0, 0.1) is 25.6 Å². The van der Waals surface area contributed by atoms with Crippen LogP contribution in [0.3, 0.4) is 0 Å². The van der Waals surface area contributed by atoms with Crippen molar-refractivity contribution in [2.75, 3.05) is 19.6 Å². The van der Waals surface area contributed by atoms with E-state index in [1.807, 2.05) is 6.92 Å². The van der Waals surface area contributed by atoms with Crippen molar-refractivity contribution in [1.29, 1.82) is 0 Å². The predicted octanol–water partition coefficient (Wildman–Crippen LogP) is 3.91. The van der Waals surface area contributed by atoms with Gasteiger partial charge in [0.25, 0.3) is 0 Å². The summed E-state index contributed by atoms with van der Waals surface area (Å²) in [4.78, 5) is 15.1. The molecule has 4 rings (SSSR count). The van der Waals surface area contributed by atoms with Crippen LogP contribution in [0.1, 0.15) is 41.4 Å². The fourth-order valence-corrected chi connectivity index (χ4v) is 4.85. The predicted molar refractivity (Wildman–Crippen MR) is 104 cm³/mol. The molecule has 1 aromatic heterocycles. The zero-order chi connectivity index (χ0) is 19.1. The minimum atomic E-state index is -0.356. The number of benzene rings is 1. The van der Waals surface area contributed by atoms with Crippen LogP contribution in [-0.2, 0) is 17.6 Å². The molecule has 0 radical (unpaired) electrons. The molecule has 3 heterocycles. The second-order valence-electron chi connectivity index (χ2n) is 7.92. The van der Waals surface area contributed by atoms with Gasteiger partial charge in [-0.1, -0.05) is 17.7 Å². The van der Waals surface area contributed by atoms with E-state index in [0.29, 0.717) is 36.2 Å². The van der Waals surface area contributed by atoms with Crippen LogP contribution in [0.25, 0.3) is 0 Å². The molecule has 0 amide bonds. The maximum Gasteiger partial charge on any atom is 0.137 e. The second-order valence-corrected chi connectivity index (χ2v) is 8.33. The van der Waals surface area contributed by atoms with Crippen LogP contribution >= 0.6 is 11.6 Å². The van der Waals surface area contributed by atoms with Crippen molar-refractivity contribution in [3.8, 4) is 0 Å². The van der Waals surface area contributed by atoms with Crippen molar-refractivity contribution in [2.24, 2.45) is 5.92 Å². The van der Waals surface area contributed by atoms with Gasteiger partial charge in [-0.15, -0.1) is 0 Å². The van der Waals surface area contributed by atoms with Crippen molar-refractivity contribution >= 4 is 17.4 Å². The third kappa shape index (κ3) is 3.67. The lowest BCUT2D eigenvalue weighted by atomic mass is 9.99. The molecule has 2 fully saturated rings. The molecule has 6 heteroatoms. The van der Waals surface area contributed by atoms with Crippen molar-refractivity contribution in [3.05, 3.63) is 51.6 Å². The Morgan fingerprint density at radius 1 is 1.33 bits per heavy atom. The lowest BCUT2D eigenvalue weighted by Gasteiger charge is -2.23. The maximum absolute atomic E-state index is 13.1. The summed E-state index contributed by atoms with van der Waals surface area (Å²) in [5.74, 6) is 0.496. The monoisotopic (exact) mass is 389 g/mol. The Morgan fingerprint density at radius 2 is 2.15 bits per heavy atom. The summed E-state index contributed by atoms with van der Waals surface area (Å²) in [6, 6.07) is 4.78. The molecule has 1 aromatic carbocycles. The molecule has 2 aromatic rings. The van der Waals surface area contributed by atoms with Gasteiger partial charge in [0.2, 0.25) is 0 Å². The summed E-state index contributed by atoms with van der Waals surface area (Å²) in [7, 11) is 0. The molecule has 2 saturated heterocycles. The Bertz CT molecular complexity index is 879. The highest BCUT2D eigenvalue weighted by molar-refractivity contribution is 6.31. The third-order valence-corrected chi connectivity index (χ3v) is 6.50. The van der Waals surface area contributed by atoms with Gasteiger partial charge in [-0.2, -0.15) is 5.10 Å². The first-order valence-electron chi connectivity index (χ1n) is 9.65. The first-order valence-corrected chi connectivity index (χ1v) is 10.0. The minimum absolute atomic E-state index is 0.165. The molecule has 144 valence electrons. The highest BCUT2D eigenvalue weighted by Gasteiger charge is 2.40. The molecule has 0 N–H and O–H groups in total. The average Bonchev–Trinajstić information content (AvgIpc) is 3.32. The molecule has 4 nitrogen and oxygen atoms in total. The Hall–Kier alpha value is -1.72. The second kappa shape index (κ2) is 7.36. The summed E-state index contributed by atoms with van der Waals surface area (Å²) in [6.45, 7) is 7.54. The molecular formula is C21H25ClFN3O. The first kappa shape index (κ1) is 18.6. The molecule has 2 bridgehead atoms. The zero-order valence-corrected chi connectivity index (χ0v) is 16.6. The molecule has 27 heavy (non-hydrogen) atoms. The summed E-state index contributed by atoms with van der Waals surface area (Å²) in [5, 5.41) is 5.16. The molecule has 2 aliphatic heterocycles. The molecule has 3 unspecified atom stereocenters. The number of hydrogen-bond acceptors (Lipinski definition) is 3. The fourth-order valence-electron chi connectivity index (χ4n) is 4.59. The summed E-state index contributed by atoms with van der Waals surface area (Å²) >= 11 is 6.06. The normalized spacial score (nSPS) is 23.9. The summed E-state index contributed by atoms with van der Waals surface area (Å²) in [6.07, 6.45) is 2.58. The lowest BCUT2D eigenvalue weighted by Crippen LogP contribution is -2.27. The maximum atomic E-state index is 13.1. The van der Waals surface area contributed by atoms with Crippen molar-refractivity contribution in [2.45, 2.75) is 45.6 Å². The van der Waals surface area contributed by atoms with Crippen LogP contribution < -0.4 is 0 Å². The van der Waals surface area contributed by atoms with E-state index in [-0.39, 0.29) is 11.6 Å². The highest BCUT2D eigenvalue weighted by atomic mass is 35.5. The van der Waals surface area contributed by atoms with E-state index in [4.69, 9.17) is 16.7 Å². The lowest BCUT2D eigenvalue weighted by molar-refractivity contribution is -0.118. The van der Waals surface area contributed by atoms with Gasteiger partial charge >= 0.3 is 0 Å². The van der Waals surface area contributed by atoms with Gasteiger partial charge in [0.1, 0.15) is 11.6 Å². The number of aryl methyl sites for hydroxylation is 2. The quantitative estimate of drug-likeness (QED) is 0.751.